The largest absolute Gasteiger partial charge is 0.378 e. The van der Waals surface area contributed by atoms with Crippen LogP contribution in [0.15, 0.2) is 33.7 Å². The second kappa shape index (κ2) is 8.21. The Balaban J connectivity index is 1.48. The van der Waals surface area contributed by atoms with E-state index in [0.29, 0.717) is 50.9 Å². The van der Waals surface area contributed by atoms with Crippen molar-refractivity contribution in [1.82, 2.24) is 19.3 Å². The van der Waals surface area contributed by atoms with Crippen molar-refractivity contribution in [2.75, 3.05) is 39.4 Å². The topological polar surface area (TPSA) is 106 Å². The number of piperidine rings is 1. The number of hydrogen-bond donors (Lipinski definition) is 0. The van der Waals surface area contributed by atoms with Gasteiger partial charge >= 0.3 is 11.8 Å². The highest BCUT2D eigenvalue weighted by atomic mass is 32.2. The predicted octanol–water partition coefficient (Wildman–Crippen LogP) is 1.63. The molecule has 29 heavy (non-hydrogen) atoms. The van der Waals surface area contributed by atoms with Gasteiger partial charge in [0.25, 0.3) is 0 Å². The Labute approximate surface area is 169 Å². The van der Waals surface area contributed by atoms with Crippen LogP contribution in [0.4, 0.5) is 0 Å². The number of morpholine rings is 1. The van der Waals surface area contributed by atoms with Crippen LogP contribution in [-0.2, 0) is 14.8 Å². The number of benzene rings is 1. The molecule has 1 aromatic carbocycles. The molecule has 0 spiro atoms. The third-order valence-corrected chi connectivity index (χ3v) is 7.31. The Morgan fingerprint density at radius 3 is 2.38 bits per heavy atom. The number of sulfonamides is 1. The van der Waals surface area contributed by atoms with Gasteiger partial charge < -0.3 is 14.2 Å². The van der Waals surface area contributed by atoms with Crippen LogP contribution in [0.2, 0.25) is 0 Å². The quantitative estimate of drug-likeness (QED) is 0.740. The summed E-state index contributed by atoms with van der Waals surface area (Å²) in [5, 5.41) is 3.87. The van der Waals surface area contributed by atoms with Crippen molar-refractivity contribution in [2.24, 2.45) is 5.92 Å². The highest BCUT2D eigenvalue weighted by Crippen LogP contribution is 2.25. The number of amides is 1. The molecule has 0 N–H and O–H groups in total. The fourth-order valence-electron chi connectivity index (χ4n) is 3.48. The smallest absolute Gasteiger partial charge is 0.316 e. The molecule has 0 bridgehead atoms. The van der Waals surface area contributed by atoms with Crippen LogP contribution >= 0.6 is 0 Å². The molecule has 156 valence electrons. The molecule has 1 amide bonds. The zero-order valence-corrected chi connectivity index (χ0v) is 17.1. The molecule has 1 aromatic heterocycles. The number of aromatic nitrogens is 2. The molecule has 0 saturated carbocycles. The number of hydrogen-bond acceptors (Lipinski definition) is 7. The van der Waals surface area contributed by atoms with Crippen molar-refractivity contribution >= 4 is 15.9 Å². The Morgan fingerprint density at radius 1 is 1.07 bits per heavy atom. The van der Waals surface area contributed by atoms with E-state index in [2.05, 4.69) is 17.1 Å². The Bertz CT molecular complexity index is 959. The third kappa shape index (κ3) is 4.19. The minimum Gasteiger partial charge on any atom is -0.378 e. The van der Waals surface area contributed by atoms with E-state index in [1.54, 1.807) is 29.2 Å². The summed E-state index contributed by atoms with van der Waals surface area (Å²) in [6.45, 7) is 5.17. The number of ether oxygens (including phenoxy) is 1. The van der Waals surface area contributed by atoms with Crippen molar-refractivity contribution in [3.63, 3.8) is 0 Å². The van der Waals surface area contributed by atoms with Gasteiger partial charge in [-0.25, -0.2) is 8.42 Å². The lowest BCUT2D eigenvalue weighted by molar-refractivity contribution is 0.0272. The van der Waals surface area contributed by atoms with Crippen molar-refractivity contribution in [2.45, 2.75) is 24.7 Å². The molecule has 0 aliphatic carbocycles. The lowest BCUT2D eigenvalue weighted by atomic mass is 10.0. The van der Waals surface area contributed by atoms with Gasteiger partial charge in [-0.2, -0.15) is 9.29 Å². The first kappa shape index (κ1) is 20.0. The summed E-state index contributed by atoms with van der Waals surface area (Å²) in [4.78, 5) is 18.4. The molecule has 2 saturated heterocycles. The molecular formula is C19H24N4O5S. The molecule has 2 aliphatic heterocycles. The second-order valence-corrected chi connectivity index (χ2v) is 9.38. The minimum absolute atomic E-state index is 0.0824. The average molecular weight is 420 g/mol. The average Bonchev–Trinajstić information content (AvgIpc) is 3.24. The normalized spacial score (nSPS) is 19.4. The van der Waals surface area contributed by atoms with Crippen molar-refractivity contribution in [1.29, 1.82) is 0 Å². The second-order valence-electron chi connectivity index (χ2n) is 7.44. The van der Waals surface area contributed by atoms with Crippen LogP contribution in [0.5, 0.6) is 0 Å². The minimum atomic E-state index is -3.51. The van der Waals surface area contributed by atoms with E-state index in [9.17, 15) is 13.2 Å². The monoisotopic (exact) mass is 420 g/mol. The van der Waals surface area contributed by atoms with Crippen LogP contribution in [0.25, 0.3) is 11.4 Å². The maximum atomic E-state index is 12.8. The predicted molar refractivity (Wildman–Crippen MR) is 104 cm³/mol. The fourth-order valence-corrected chi connectivity index (χ4v) is 4.95. The van der Waals surface area contributed by atoms with Gasteiger partial charge in [-0.1, -0.05) is 12.1 Å². The molecule has 2 aromatic rings. The highest BCUT2D eigenvalue weighted by Gasteiger charge is 2.28. The molecular weight excluding hydrogens is 396 g/mol. The summed E-state index contributed by atoms with van der Waals surface area (Å²) in [5.41, 5.74) is 0.584. The molecule has 0 atom stereocenters. The molecule has 2 aliphatic rings. The maximum Gasteiger partial charge on any atom is 0.316 e. The van der Waals surface area contributed by atoms with E-state index in [0.717, 1.165) is 12.8 Å². The summed E-state index contributed by atoms with van der Waals surface area (Å²) >= 11 is 0. The van der Waals surface area contributed by atoms with Gasteiger partial charge in [-0.05, 0) is 43.0 Å². The standard InChI is InChI=1S/C19H24N4O5S/c1-14-6-8-23(9-7-14)29(25,26)16-4-2-15(3-5-16)17-20-18(28-21-17)19(24)22-10-12-27-13-11-22/h2-5,14H,6-13H2,1H3. The zero-order chi connectivity index (χ0) is 20.4. The Kier molecular flexibility index (Phi) is 5.66. The van der Waals surface area contributed by atoms with Crippen LogP contribution < -0.4 is 0 Å². The summed E-state index contributed by atoms with van der Waals surface area (Å²) in [7, 11) is -3.51. The number of nitrogens with zero attached hydrogens (tertiary/aromatic N) is 4. The lowest BCUT2D eigenvalue weighted by Gasteiger charge is -2.29. The van der Waals surface area contributed by atoms with Gasteiger partial charge in [-0.3, -0.25) is 4.79 Å². The van der Waals surface area contributed by atoms with Crippen LogP contribution in [0.1, 0.15) is 30.5 Å². The maximum absolute atomic E-state index is 12.8. The van der Waals surface area contributed by atoms with E-state index in [-0.39, 0.29) is 22.5 Å². The molecule has 10 heteroatoms. The van der Waals surface area contributed by atoms with Gasteiger partial charge in [0.15, 0.2) is 0 Å². The van der Waals surface area contributed by atoms with E-state index in [1.165, 1.54) is 4.31 Å². The molecule has 2 fully saturated rings. The lowest BCUT2D eigenvalue weighted by Crippen LogP contribution is -2.40. The SMILES string of the molecule is CC1CCN(S(=O)(=O)c2ccc(-c3noc(C(=O)N4CCOCC4)n3)cc2)CC1. The first-order valence-electron chi connectivity index (χ1n) is 9.76. The van der Waals surface area contributed by atoms with Gasteiger partial charge in [0.05, 0.1) is 18.1 Å². The molecule has 9 nitrogen and oxygen atoms in total. The van der Waals surface area contributed by atoms with Gasteiger partial charge in [0.1, 0.15) is 0 Å². The van der Waals surface area contributed by atoms with E-state index in [4.69, 9.17) is 9.26 Å². The molecule has 0 unspecified atom stereocenters. The van der Waals surface area contributed by atoms with Crippen LogP contribution in [0.3, 0.4) is 0 Å². The van der Waals surface area contributed by atoms with Crippen LogP contribution in [-0.4, -0.2) is 73.1 Å². The highest BCUT2D eigenvalue weighted by molar-refractivity contribution is 7.89. The fraction of sp³-hybridized carbons (Fsp3) is 0.526. The summed E-state index contributed by atoms with van der Waals surface area (Å²) in [5.74, 6) is 0.389. The van der Waals surface area contributed by atoms with Crippen molar-refractivity contribution in [3.8, 4) is 11.4 Å². The summed E-state index contributed by atoms with van der Waals surface area (Å²) in [6.07, 6.45) is 1.75. The van der Waals surface area contributed by atoms with Gasteiger partial charge in [0.2, 0.25) is 15.8 Å². The van der Waals surface area contributed by atoms with E-state index >= 15 is 0 Å². The van der Waals surface area contributed by atoms with Gasteiger partial charge in [0, 0.05) is 31.7 Å². The number of carbonyl (C=O) groups is 1. The molecule has 4 rings (SSSR count). The molecule has 0 radical (unpaired) electrons. The number of rotatable bonds is 4. The number of carbonyl (C=O) groups excluding carboxylic acids is 1. The zero-order valence-electron chi connectivity index (χ0n) is 16.3. The van der Waals surface area contributed by atoms with E-state index in [1.807, 2.05) is 0 Å². The third-order valence-electron chi connectivity index (χ3n) is 5.40. The first-order valence-corrected chi connectivity index (χ1v) is 11.2. The Hall–Kier alpha value is -2.30. The van der Waals surface area contributed by atoms with Crippen LogP contribution in [0, 0.1) is 5.92 Å². The summed E-state index contributed by atoms with van der Waals surface area (Å²) in [6, 6.07) is 6.35. The van der Waals surface area contributed by atoms with E-state index < -0.39 is 10.0 Å². The van der Waals surface area contributed by atoms with Crippen molar-refractivity contribution in [3.05, 3.63) is 30.2 Å². The first-order chi connectivity index (χ1) is 13.9. The Morgan fingerprint density at radius 2 is 1.72 bits per heavy atom. The summed E-state index contributed by atoms with van der Waals surface area (Å²) < 4.78 is 37.5. The van der Waals surface area contributed by atoms with Gasteiger partial charge in [-0.15, -0.1) is 0 Å². The van der Waals surface area contributed by atoms with Crippen molar-refractivity contribution < 1.29 is 22.5 Å². The molecule has 3 heterocycles.